The fourth-order valence-corrected chi connectivity index (χ4v) is 1.84. The molecule has 0 aliphatic heterocycles. The number of hydrogen-bond donors (Lipinski definition) is 1. The molecule has 7 nitrogen and oxygen atoms in total. The molecule has 0 aliphatic rings. The number of halogens is 2. The van der Waals surface area contributed by atoms with Gasteiger partial charge in [0.25, 0.3) is 0 Å². The van der Waals surface area contributed by atoms with Crippen LogP contribution in [-0.4, -0.2) is 33.9 Å². The highest BCUT2D eigenvalue weighted by atomic mass is 35.5. The molecule has 0 atom stereocenters. The lowest BCUT2D eigenvalue weighted by molar-refractivity contribution is -0.142. The Kier molecular flexibility index (Phi) is 4.71. The number of benzene rings is 1. The summed E-state index contributed by atoms with van der Waals surface area (Å²) in [5.74, 6) is -1.63. The number of carbonyl (C=O) groups excluding carboxylic acids is 2. The summed E-state index contributed by atoms with van der Waals surface area (Å²) >= 11 is 5.78. The Balaban J connectivity index is 2.00. The molecule has 2 amide bonds. The van der Waals surface area contributed by atoms with Crippen LogP contribution in [0.1, 0.15) is 11.7 Å². The minimum absolute atomic E-state index is 0.00223. The van der Waals surface area contributed by atoms with Crippen LogP contribution >= 0.6 is 11.6 Å². The van der Waals surface area contributed by atoms with Gasteiger partial charge < -0.3 is 14.7 Å². The van der Waals surface area contributed by atoms with Gasteiger partial charge in [0, 0.05) is 14.0 Å². The first-order valence-electron chi connectivity index (χ1n) is 6.17. The number of hydrogen-bond acceptors (Lipinski definition) is 5. The highest BCUT2D eigenvalue weighted by molar-refractivity contribution is 6.41. The third-order valence-corrected chi connectivity index (χ3v) is 2.98. The molecule has 0 aliphatic carbocycles. The molecular weight excluding hydrogens is 315 g/mol. The van der Waals surface area contributed by atoms with Crippen LogP contribution in [0.2, 0.25) is 5.02 Å². The quantitative estimate of drug-likeness (QED) is 0.868. The molecule has 0 spiro atoms. The second-order valence-corrected chi connectivity index (χ2v) is 4.88. The van der Waals surface area contributed by atoms with Crippen LogP contribution in [0.15, 0.2) is 22.7 Å². The summed E-state index contributed by atoms with van der Waals surface area (Å²) in [6.45, 7) is 1.63. The number of anilines is 1. The van der Waals surface area contributed by atoms with Crippen molar-refractivity contribution in [3.05, 3.63) is 40.8 Å². The number of aromatic nitrogens is 2. The fraction of sp³-hybridized carbons (Fsp3) is 0.231. The first kappa shape index (κ1) is 15.9. The minimum atomic E-state index is -0.906. The van der Waals surface area contributed by atoms with Crippen molar-refractivity contribution in [1.82, 2.24) is 15.0 Å². The van der Waals surface area contributed by atoms with Gasteiger partial charge in [-0.1, -0.05) is 16.8 Å². The van der Waals surface area contributed by atoms with E-state index >= 15 is 0 Å². The summed E-state index contributed by atoms with van der Waals surface area (Å²) in [6.07, 6.45) is 0. The van der Waals surface area contributed by atoms with E-state index in [-0.39, 0.29) is 23.1 Å². The fourth-order valence-electron chi connectivity index (χ4n) is 1.63. The van der Waals surface area contributed by atoms with Crippen LogP contribution in [0, 0.1) is 12.7 Å². The molecule has 1 aromatic heterocycles. The average Bonchev–Trinajstić information content (AvgIpc) is 2.86. The van der Waals surface area contributed by atoms with E-state index in [1.807, 2.05) is 0 Å². The monoisotopic (exact) mass is 326 g/mol. The highest BCUT2D eigenvalue weighted by Gasteiger charge is 2.21. The van der Waals surface area contributed by atoms with Crippen LogP contribution in [0.4, 0.5) is 10.1 Å². The van der Waals surface area contributed by atoms with Crippen LogP contribution in [0.5, 0.6) is 0 Å². The zero-order chi connectivity index (χ0) is 16.3. The van der Waals surface area contributed by atoms with Gasteiger partial charge in [0.05, 0.1) is 17.3 Å². The third kappa shape index (κ3) is 3.79. The van der Waals surface area contributed by atoms with E-state index in [0.717, 1.165) is 17.0 Å². The van der Waals surface area contributed by atoms with Gasteiger partial charge in [0.1, 0.15) is 5.82 Å². The van der Waals surface area contributed by atoms with Crippen molar-refractivity contribution in [3.8, 4) is 0 Å². The molecule has 9 heteroatoms. The van der Waals surface area contributed by atoms with Crippen molar-refractivity contribution in [2.45, 2.75) is 13.5 Å². The zero-order valence-electron chi connectivity index (χ0n) is 11.8. The number of carbonyl (C=O) groups is 2. The first-order chi connectivity index (χ1) is 10.4. The molecule has 1 heterocycles. The third-order valence-electron chi connectivity index (χ3n) is 2.67. The predicted molar refractivity (Wildman–Crippen MR) is 75.5 cm³/mol. The van der Waals surface area contributed by atoms with E-state index in [2.05, 4.69) is 15.5 Å². The normalized spacial score (nSPS) is 10.4. The standard InChI is InChI=1S/C13H12ClFN4O3/c1-7-16-11(18-22-7)6-19(2)13(21)12(20)17-10-4-3-8(15)5-9(10)14/h3-5H,6H2,1-2H3,(H,17,20). The smallest absolute Gasteiger partial charge is 0.313 e. The van der Waals surface area contributed by atoms with E-state index in [1.54, 1.807) is 6.92 Å². The van der Waals surface area contributed by atoms with Gasteiger partial charge in [0.2, 0.25) is 5.89 Å². The van der Waals surface area contributed by atoms with Gasteiger partial charge >= 0.3 is 11.8 Å². The lowest BCUT2D eigenvalue weighted by Gasteiger charge is -2.14. The summed E-state index contributed by atoms with van der Waals surface area (Å²) < 4.78 is 17.7. The van der Waals surface area contributed by atoms with Gasteiger partial charge in [-0.05, 0) is 18.2 Å². The summed E-state index contributed by atoms with van der Waals surface area (Å²) in [5.41, 5.74) is 0.144. The maximum Gasteiger partial charge on any atom is 0.313 e. The number of aryl methyl sites for hydroxylation is 1. The number of nitrogens with zero attached hydrogens (tertiary/aromatic N) is 3. The van der Waals surface area contributed by atoms with Crippen LogP contribution in [0.25, 0.3) is 0 Å². The molecular formula is C13H12ClFN4O3. The molecule has 0 radical (unpaired) electrons. The highest BCUT2D eigenvalue weighted by Crippen LogP contribution is 2.22. The predicted octanol–water partition coefficient (Wildman–Crippen LogP) is 1.77. The molecule has 116 valence electrons. The van der Waals surface area contributed by atoms with Crippen molar-refractivity contribution in [1.29, 1.82) is 0 Å². The molecule has 2 aromatic rings. The van der Waals surface area contributed by atoms with E-state index in [0.29, 0.717) is 5.89 Å². The molecule has 1 aromatic carbocycles. The minimum Gasteiger partial charge on any atom is -0.340 e. The Morgan fingerprint density at radius 2 is 2.18 bits per heavy atom. The molecule has 0 saturated heterocycles. The van der Waals surface area contributed by atoms with E-state index < -0.39 is 17.6 Å². The Hall–Kier alpha value is -2.48. The van der Waals surface area contributed by atoms with Crippen molar-refractivity contribution in [2.75, 3.05) is 12.4 Å². The summed E-state index contributed by atoms with van der Waals surface area (Å²) in [4.78, 5) is 28.9. The zero-order valence-corrected chi connectivity index (χ0v) is 12.5. The molecule has 0 saturated carbocycles. The number of amides is 2. The maximum atomic E-state index is 12.9. The second kappa shape index (κ2) is 6.52. The molecule has 1 N–H and O–H groups in total. The number of rotatable bonds is 3. The van der Waals surface area contributed by atoms with Gasteiger partial charge in [-0.15, -0.1) is 0 Å². The lowest BCUT2D eigenvalue weighted by atomic mass is 10.3. The van der Waals surface area contributed by atoms with Crippen molar-refractivity contribution in [2.24, 2.45) is 0 Å². The Morgan fingerprint density at radius 1 is 1.45 bits per heavy atom. The second-order valence-electron chi connectivity index (χ2n) is 4.47. The van der Waals surface area contributed by atoms with Gasteiger partial charge in [0.15, 0.2) is 5.82 Å². The topological polar surface area (TPSA) is 88.3 Å². The van der Waals surface area contributed by atoms with Crippen LogP contribution in [-0.2, 0) is 16.1 Å². The molecule has 0 fully saturated rings. The number of nitrogens with one attached hydrogen (secondary N) is 1. The van der Waals surface area contributed by atoms with Gasteiger partial charge in [-0.2, -0.15) is 4.98 Å². The SMILES string of the molecule is Cc1nc(CN(C)C(=O)C(=O)Nc2ccc(F)cc2Cl)no1. The lowest BCUT2D eigenvalue weighted by Crippen LogP contribution is -2.37. The van der Waals surface area contributed by atoms with Gasteiger partial charge in [-0.25, -0.2) is 4.39 Å². The Labute approximate surface area is 130 Å². The Morgan fingerprint density at radius 3 is 2.77 bits per heavy atom. The summed E-state index contributed by atoms with van der Waals surface area (Å²) in [7, 11) is 1.42. The number of likely N-dealkylation sites (N-methyl/N-ethyl adjacent to an activating group) is 1. The molecule has 22 heavy (non-hydrogen) atoms. The van der Waals surface area contributed by atoms with E-state index in [4.69, 9.17) is 16.1 Å². The molecule has 0 unspecified atom stereocenters. The average molecular weight is 327 g/mol. The maximum absolute atomic E-state index is 12.9. The Bertz CT molecular complexity index is 719. The van der Waals surface area contributed by atoms with Gasteiger partial charge in [-0.3, -0.25) is 9.59 Å². The van der Waals surface area contributed by atoms with Crippen molar-refractivity contribution < 1.29 is 18.5 Å². The molecule has 2 rings (SSSR count). The van der Waals surface area contributed by atoms with Crippen molar-refractivity contribution in [3.63, 3.8) is 0 Å². The van der Waals surface area contributed by atoms with Crippen LogP contribution < -0.4 is 5.32 Å². The van der Waals surface area contributed by atoms with E-state index in [1.165, 1.54) is 13.1 Å². The van der Waals surface area contributed by atoms with Crippen molar-refractivity contribution >= 4 is 29.1 Å². The summed E-state index contributed by atoms with van der Waals surface area (Å²) in [6, 6.07) is 3.43. The summed E-state index contributed by atoms with van der Waals surface area (Å²) in [5, 5.41) is 5.94. The largest absolute Gasteiger partial charge is 0.340 e. The van der Waals surface area contributed by atoms with E-state index in [9.17, 15) is 14.0 Å². The molecule has 0 bridgehead atoms. The van der Waals surface area contributed by atoms with Crippen LogP contribution in [0.3, 0.4) is 0 Å². The first-order valence-corrected chi connectivity index (χ1v) is 6.55.